The van der Waals surface area contributed by atoms with Crippen molar-refractivity contribution in [2.45, 2.75) is 225 Å². The standard InChI is InChI=1S/C45H84O4/c1-3-5-7-9-11-13-15-17-19-21-23-24-26-28-30-32-34-36-38-40-45(47)49-44(42-46)43-48-41-39-37-35-33-31-29-27-25-22-20-18-16-14-12-10-8-6-4-2/h11,13,17,19,23-24,44,46H,3-10,12,14-16,18,20-22,25-43H2,1-2H3/b13-11-,19-17-,24-23-. The fraction of sp³-hybridized carbons (Fsp3) is 0.844. The van der Waals surface area contributed by atoms with Crippen LogP contribution in [-0.2, 0) is 14.3 Å². The molecule has 0 bridgehead atoms. The van der Waals surface area contributed by atoms with Crippen molar-refractivity contribution in [1.29, 1.82) is 0 Å². The Morgan fingerprint density at radius 3 is 1.33 bits per heavy atom. The molecule has 0 aliphatic heterocycles. The van der Waals surface area contributed by atoms with Crippen molar-refractivity contribution in [3.8, 4) is 0 Å². The molecule has 0 saturated heterocycles. The van der Waals surface area contributed by atoms with Crippen molar-refractivity contribution >= 4 is 5.97 Å². The molecule has 0 aromatic heterocycles. The lowest BCUT2D eigenvalue weighted by Crippen LogP contribution is -2.27. The van der Waals surface area contributed by atoms with E-state index in [-0.39, 0.29) is 12.6 Å². The van der Waals surface area contributed by atoms with Gasteiger partial charge in [-0.3, -0.25) is 4.79 Å². The minimum absolute atomic E-state index is 0.174. The van der Waals surface area contributed by atoms with E-state index in [0.29, 0.717) is 19.6 Å². The Balaban J connectivity index is 3.44. The molecule has 0 heterocycles. The summed E-state index contributed by atoms with van der Waals surface area (Å²) in [5.74, 6) is -0.210. The number of hydrogen-bond donors (Lipinski definition) is 1. The SMILES string of the molecule is CCCCC/C=C\C/C=C\C/C=C\CCCCCCCCC(=O)OC(CO)COCCCCCCCCCCCCCCCCCCCC. The molecule has 0 fully saturated rings. The maximum absolute atomic E-state index is 12.2. The second-order valence-electron chi connectivity index (χ2n) is 14.4. The Hall–Kier alpha value is -1.39. The second kappa shape index (κ2) is 42.8. The Morgan fingerprint density at radius 1 is 0.490 bits per heavy atom. The topological polar surface area (TPSA) is 55.8 Å². The lowest BCUT2D eigenvalue weighted by atomic mass is 10.0. The Kier molecular flexibility index (Phi) is 41.6. The number of esters is 1. The number of carbonyl (C=O) groups is 1. The van der Waals surface area contributed by atoms with Crippen LogP contribution in [-0.4, -0.2) is 37.0 Å². The van der Waals surface area contributed by atoms with Crippen LogP contribution in [0.25, 0.3) is 0 Å². The number of aliphatic hydroxyl groups is 1. The molecule has 0 rings (SSSR count). The maximum Gasteiger partial charge on any atom is 0.306 e. The highest BCUT2D eigenvalue weighted by Crippen LogP contribution is 2.15. The summed E-state index contributed by atoms with van der Waals surface area (Å²) in [4.78, 5) is 12.2. The normalized spacial score (nSPS) is 12.6. The molecule has 0 spiro atoms. The van der Waals surface area contributed by atoms with E-state index < -0.39 is 6.10 Å². The molecular formula is C45H84O4. The number of ether oxygens (including phenoxy) is 2. The smallest absolute Gasteiger partial charge is 0.306 e. The van der Waals surface area contributed by atoms with Crippen LogP contribution in [0.2, 0.25) is 0 Å². The van der Waals surface area contributed by atoms with E-state index in [4.69, 9.17) is 9.47 Å². The molecule has 0 saturated carbocycles. The summed E-state index contributed by atoms with van der Waals surface area (Å²) in [5, 5.41) is 9.60. The minimum Gasteiger partial charge on any atom is -0.457 e. The minimum atomic E-state index is -0.538. The molecule has 0 aromatic rings. The van der Waals surface area contributed by atoms with Crippen molar-refractivity contribution in [1.82, 2.24) is 0 Å². The van der Waals surface area contributed by atoms with Gasteiger partial charge < -0.3 is 14.6 Å². The number of aliphatic hydroxyl groups excluding tert-OH is 1. The molecule has 0 amide bonds. The zero-order valence-corrected chi connectivity index (χ0v) is 33.0. The van der Waals surface area contributed by atoms with Crippen LogP contribution in [0.5, 0.6) is 0 Å². The molecular weight excluding hydrogens is 604 g/mol. The Labute approximate surface area is 306 Å². The molecule has 1 unspecified atom stereocenters. The van der Waals surface area contributed by atoms with Crippen molar-refractivity contribution < 1.29 is 19.4 Å². The Bertz CT molecular complexity index is 728. The van der Waals surface area contributed by atoms with Crippen LogP contribution in [0.3, 0.4) is 0 Å². The van der Waals surface area contributed by atoms with Gasteiger partial charge in [-0.25, -0.2) is 0 Å². The van der Waals surface area contributed by atoms with Gasteiger partial charge in [0.1, 0.15) is 6.10 Å². The molecule has 0 radical (unpaired) electrons. The van der Waals surface area contributed by atoms with Crippen molar-refractivity contribution in [2.75, 3.05) is 19.8 Å². The fourth-order valence-corrected chi connectivity index (χ4v) is 6.22. The average molecular weight is 689 g/mol. The molecule has 1 atom stereocenters. The molecule has 4 heteroatoms. The molecule has 0 aliphatic rings. The van der Waals surface area contributed by atoms with E-state index in [0.717, 1.165) is 44.9 Å². The first-order valence-corrected chi connectivity index (χ1v) is 21.6. The highest BCUT2D eigenvalue weighted by molar-refractivity contribution is 5.69. The van der Waals surface area contributed by atoms with E-state index in [1.165, 1.54) is 154 Å². The molecule has 49 heavy (non-hydrogen) atoms. The lowest BCUT2D eigenvalue weighted by Gasteiger charge is -2.16. The molecule has 288 valence electrons. The monoisotopic (exact) mass is 689 g/mol. The van der Waals surface area contributed by atoms with Crippen molar-refractivity contribution in [3.63, 3.8) is 0 Å². The summed E-state index contributed by atoms with van der Waals surface area (Å²) >= 11 is 0. The molecule has 0 aromatic carbocycles. The number of carbonyl (C=O) groups excluding carboxylic acids is 1. The zero-order valence-electron chi connectivity index (χ0n) is 33.0. The summed E-state index contributed by atoms with van der Waals surface area (Å²) < 4.78 is 11.2. The van der Waals surface area contributed by atoms with Gasteiger partial charge in [-0.1, -0.05) is 198 Å². The van der Waals surface area contributed by atoms with Crippen molar-refractivity contribution in [2.24, 2.45) is 0 Å². The number of unbranched alkanes of at least 4 members (excludes halogenated alkanes) is 26. The van der Waals surface area contributed by atoms with Gasteiger partial charge in [-0.2, -0.15) is 0 Å². The third-order valence-corrected chi connectivity index (χ3v) is 9.47. The number of rotatable bonds is 40. The van der Waals surface area contributed by atoms with Crippen LogP contribution in [0.1, 0.15) is 219 Å². The van der Waals surface area contributed by atoms with Gasteiger partial charge in [0.25, 0.3) is 0 Å². The van der Waals surface area contributed by atoms with E-state index in [9.17, 15) is 9.90 Å². The highest BCUT2D eigenvalue weighted by atomic mass is 16.6. The highest BCUT2D eigenvalue weighted by Gasteiger charge is 2.13. The van der Waals surface area contributed by atoms with Gasteiger partial charge in [0.2, 0.25) is 0 Å². The first kappa shape index (κ1) is 47.6. The van der Waals surface area contributed by atoms with Crippen molar-refractivity contribution in [3.05, 3.63) is 36.5 Å². The summed E-state index contributed by atoms with van der Waals surface area (Å²) in [6, 6.07) is 0. The third kappa shape index (κ3) is 40.9. The average Bonchev–Trinajstić information content (AvgIpc) is 3.11. The van der Waals surface area contributed by atoms with Gasteiger partial charge in [-0.15, -0.1) is 0 Å². The fourth-order valence-electron chi connectivity index (χ4n) is 6.22. The first-order valence-electron chi connectivity index (χ1n) is 21.6. The van der Waals surface area contributed by atoms with Gasteiger partial charge in [0.15, 0.2) is 0 Å². The quantitative estimate of drug-likeness (QED) is 0.0395. The van der Waals surface area contributed by atoms with Crippen LogP contribution in [0.4, 0.5) is 0 Å². The van der Waals surface area contributed by atoms with E-state index in [2.05, 4.69) is 50.3 Å². The van der Waals surface area contributed by atoms with Gasteiger partial charge >= 0.3 is 5.97 Å². The van der Waals surface area contributed by atoms with E-state index >= 15 is 0 Å². The number of hydrogen-bond acceptors (Lipinski definition) is 4. The zero-order chi connectivity index (χ0) is 35.6. The van der Waals surface area contributed by atoms with Crippen LogP contribution < -0.4 is 0 Å². The largest absolute Gasteiger partial charge is 0.457 e. The predicted octanol–water partition coefficient (Wildman–Crippen LogP) is 14.1. The summed E-state index contributed by atoms with van der Waals surface area (Å²) in [5.41, 5.74) is 0. The lowest BCUT2D eigenvalue weighted by molar-refractivity contribution is -0.154. The summed E-state index contributed by atoms with van der Waals surface area (Å²) in [6.45, 7) is 5.33. The second-order valence-corrected chi connectivity index (χ2v) is 14.4. The molecule has 0 aliphatic carbocycles. The van der Waals surface area contributed by atoms with Crippen LogP contribution in [0.15, 0.2) is 36.5 Å². The van der Waals surface area contributed by atoms with Gasteiger partial charge in [0, 0.05) is 13.0 Å². The van der Waals surface area contributed by atoms with E-state index in [1.54, 1.807) is 0 Å². The van der Waals surface area contributed by atoms with E-state index in [1.807, 2.05) is 0 Å². The third-order valence-electron chi connectivity index (χ3n) is 9.47. The maximum atomic E-state index is 12.2. The summed E-state index contributed by atoms with van der Waals surface area (Å²) in [7, 11) is 0. The number of allylic oxidation sites excluding steroid dienone is 6. The summed E-state index contributed by atoms with van der Waals surface area (Å²) in [6.07, 6.45) is 53.4. The molecule has 1 N–H and O–H groups in total. The Morgan fingerprint density at radius 2 is 0.857 bits per heavy atom. The van der Waals surface area contributed by atoms with Crippen LogP contribution >= 0.6 is 0 Å². The molecule has 4 nitrogen and oxygen atoms in total. The van der Waals surface area contributed by atoms with Gasteiger partial charge in [0.05, 0.1) is 13.2 Å². The first-order chi connectivity index (χ1) is 24.2. The van der Waals surface area contributed by atoms with Gasteiger partial charge in [-0.05, 0) is 51.4 Å². The predicted molar refractivity (Wildman–Crippen MR) is 214 cm³/mol. The van der Waals surface area contributed by atoms with Crippen LogP contribution in [0, 0.1) is 0 Å².